The smallest absolute Gasteiger partial charge is 0.226 e. The van der Waals surface area contributed by atoms with Gasteiger partial charge in [0.1, 0.15) is 11.5 Å². The molecule has 3 rings (SSSR count). The maximum absolute atomic E-state index is 12.5. The molecule has 1 unspecified atom stereocenters. The van der Waals surface area contributed by atoms with Gasteiger partial charge in [0.2, 0.25) is 5.91 Å². The van der Waals surface area contributed by atoms with Crippen LogP contribution in [0.15, 0.2) is 18.2 Å². The predicted octanol–water partition coefficient (Wildman–Crippen LogP) is 3.28. The van der Waals surface area contributed by atoms with E-state index >= 15 is 0 Å². The number of nitrogens with one attached hydrogen (secondary N) is 1. The summed E-state index contributed by atoms with van der Waals surface area (Å²) in [5, 5.41) is 3.66. The standard InChI is InChI=1S/C19H25N3O3S/c1-12(14-6-5-13(24-3)10-16(14)25-4)9-18(23)21-19-20-15-7-8-22(2)11-17(15)26-19/h5-6,10,12H,7-9,11H2,1-4H3,(H,20,21,23). The van der Waals surface area contributed by atoms with Gasteiger partial charge in [0.25, 0.3) is 0 Å². The van der Waals surface area contributed by atoms with Crippen LogP contribution in [-0.2, 0) is 17.8 Å². The first-order valence-corrected chi connectivity index (χ1v) is 9.50. The number of rotatable bonds is 6. The largest absolute Gasteiger partial charge is 0.497 e. The van der Waals surface area contributed by atoms with Crippen molar-refractivity contribution in [3.8, 4) is 11.5 Å². The number of benzene rings is 1. The average Bonchev–Trinajstić information content (AvgIpc) is 3.01. The number of ether oxygens (including phenoxy) is 2. The Bertz CT molecular complexity index is 790. The zero-order chi connectivity index (χ0) is 18.7. The number of hydrogen-bond acceptors (Lipinski definition) is 6. The molecule has 0 bridgehead atoms. The van der Waals surface area contributed by atoms with Crippen LogP contribution in [0, 0.1) is 0 Å². The molecule has 7 heteroatoms. The third-order valence-corrected chi connectivity index (χ3v) is 5.63. The number of fused-ring (bicyclic) bond motifs is 1. The number of methoxy groups -OCH3 is 2. The molecule has 1 aliphatic rings. The van der Waals surface area contributed by atoms with Crippen LogP contribution < -0.4 is 14.8 Å². The normalized spacial score (nSPS) is 15.2. The highest BCUT2D eigenvalue weighted by Gasteiger charge is 2.21. The fourth-order valence-corrected chi connectivity index (χ4v) is 4.27. The lowest BCUT2D eigenvalue weighted by molar-refractivity contribution is -0.116. The third-order valence-electron chi connectivity index (χ3n) is 4.63. The molecule has 1 aromatic heterocycles. The summed E-state index contributed by atoms with van der Waals surface area (Å²) in [5.74, 6) is 1.46. The minimum Gasteiger partial charge on any atom is -0.497 e. The van der Waals surface area contributed by atoms with Crippen molar-refractivity contribution in [1.29, 1.82) is 0 Å². The Hall–Kier alpha value is -2.12. The molecule has 2 heterocycles. The van der Waals surface area contributed by atoms with Crippen molar-refractivity contribution in [2.24, 2.45) is 0 Å². The molecule has 0 aliphatic carbocycles. The number of likely N-dealkylation sites (N-methyl/N-ethyl adjacent to an activating group) is 1. The molecule has 1 aliphatic heterocycles. The van der Waals surface area contributed by atoms with Crippen LogP contribution in [-0.4, -0.2) is 43.6 Å². The molecule has 140 valence electrons. The predicted molar refractivity (Wildman–Crippen MR) is 103 cm³/mol. The Balaban J connectivity index is 1.65. The highest BCUT2D eigenvalue weighted by molar-refractivity contribution is 7.15. The van der Waals surface area contributed by atoms with Crippen molar-refractivity contribution < 1.29 is 14.3 Å². The quantitative estimate of drug-likeness (QED) is 0.839. The summed E-state index contributed by atoms with van der Waals surface area (Å²) in [6.07, 6.45) is 1.31. The number of amides is 1. The van der Waals surface area contributed by atoms with Gasteiger partial charge in [0.15, 0.2) is 5.13 Å². The SMILES string of the molecule is COc1ccc(C(C)CC(=O)Nc2nc3c(s2)CN(C)CC3)c(OC)c1. The van der Waals surface area contributed by atoms with Gasteiger partial charge in [-0.05, 0) is 24.6 Å². The second kappa shape index (κ2) is 8.05. The van der Waals surface area contributed by atoms with Crippen LogP contribution in [0.5, 0.6) is 11.5 Å². The van der Waals surface area contributed by atoms with E-state index in [0.29, 0.717) is 11.6 Å². The van der Waals surface area contributed by atoms with Gasteiger partial charge in [-0.3, -0.25) is 4.79 Å². The topological polar surface area (TPSA) is 63.7 Å². The zero-order valence-electron chi connectivity index (χ0n) is 15.7. The van der Waals surface area contributed by atoms with E-state index in [9.17, 15) is 4.79 Å². The van der Waals surface area contributed by atoms with Crippen LogP contribution in [0.3, 0.4) is 0 Å². The lowest BCUT2D eigenvalue weighted by Gasteiger charge is -2.20. The van der Waals surface area contributed by atoms with Crippen LogP contribution in [0.1, 0.15) is 35.4 Å². The first-order valence-electron chi connectivity index (χ1n) is 8.69. The van der Waals surface area contributed by atoms with Gasteiger partial charge in [-0.1, -0.05) is 13.0 Å². The first-order chi connectivity index (χ1) is 12.5. The molecule has 1 amide bonds. The second-order valence-corrected chi connectivity index (χ2v) is 7.72. The van der Waals surface area contributed by atoms with Crippen LogP contribution >= 0.6 is 11.3 Å². The molecule has 26 heavy (non-hydrogen) atoms. The van der Waals surface area contributed by atoms with Gasteiger partial charge in [-0.2, -0.15) is 0 Å². The van der Waals surface area contributed by atoms with Crippen LogP contribution in [0.25, 0.3) is 0 Å². The van der Waals surface area contributed by atoms with Gasteiger partial charge in [0, 0.05) is 36.9 Å². The lowest BCUT2D eigenvalue weighted by atomic mass is 9.96. The van der Waals surface area contributed by atoms with Crippen LogP contribution in [0.4, 0.5) is 5.13 Å². The van der Waals surface area contributed by atoms with Crippen molar-refractivity contribution in [2.45, 2.75) is 32.2 Å². The molecule has 1 aromatic carbocycles. The monoisotopic (exact) mass is 375 g/mol. The number of anilines is 1. The van der Waals surface area contributed by atoms with Crippen molar-refractivity contribution >= 4 is 22.4 Å². The Kier molecular flexibility index (Phi) is 5.78. The summed E-state index contributed by atoms with van der Waals surface area (Å²) >= 11 is 1.58. The second-order valence-electron chi connectivity index (χ2n) is 6.64. The van der Waals surface area contributed by atoms with Crippen molar-refractivity contribution in [2.75, 3.05) is 33.1 Å². The average molecular weight is 375 g/mol. The van der Waals surface area contributed by atoms with E-state index in [1.807, 2.05) is 25.1 Å². The first kappa shape index (κ1) is 18.7. The summed E-state index contributed by atoms with van der Waals surface area (Å²) in [6, 6.07) is 5.68. The van der Waals surface area contributed by atoms with E-state index in [0.717, 1.165) is 42.3 Å². The van der Waals surface area contributed by atoms with E-state index in [2.05, 4.69) is 22.2 Å². The Labute approximate surface area is 158 Å². The Morgan fingerprint density at radius 3 is 2.92 bits per heavy atom. The third kappa shape index (κ3) is 4.16. The fraction of sp³-hybridized carbons (Fsp3) is 0.474. The van der Waals surface area contributed by atoms with Crippen LogP contribution in [0.2, 0.25) is 0 Å². The number of thiazole rings is 1. The summed E-state index contributed by atoms with van der Waals surface area (Å²) < 4.78 is 10.7. The number of aromatic nitrogens is 1. The molecule has 0 spiro atoms. The maximum atomic E-state index is 12.5. The van der Waals surface area contributed by atoms with Gasteiger partial charge in [0.05, 0.1) is 19.9 Å². The molecule has 0 fully saturated rings. The van der Waals surface area contributed by atoms with Crippen molar-refractivity contribution in [3.05, 3.63) is 34.3 Å². The number of hydrogen-bond donors (Lipinski definition) is 1. The highest BCUT2D eigenvalue weighted by Crippen LogP contribution is 2.33. The van der Waals surface area contributed by atoms with Gasteiger partial charge in [-0.15, -0.1) is 11.3 Å². The summed E-state index contributed by atoms with van der Waals surface area (Å²) in [4.78, 5) is 20.6. The molecule has 1 N–H and O–H groups in total. The van der Waals surface area contributed by atoms with E-state index in [1.165, 1.54) is 4.88 Å². The number of carbonyl (C=O) groups excluding carboxylic acids is 1. The Morgan fingerprint density at radius 2 is 2.19 bits per heavy atom. The van der Waals surface area contributed by atoms with E-state index in [1.54, 1.807) is 25.6 Å². The Morgan fingerprint density at radius 1 is 1.38 bits per heavy atom. The maximum Gasteiger partial charge on any atom is 0.226 e. The van der Waals surface area contributed by atoms with Gasteiger partial charge < -0.3 is 19.7 Å². The fourth-order valence-electron chi connectivity index (χ4n) is 3.16. The minimum atomic E-state index is -0.0326. The molecule has 0 saturated carbocycles. The molecular weight excluding hydrogens is 350 g/mol. The highest BCUT2D eigenvalue weighted by atomic mass is 32.1. The molecule has 0 radical (unpaired) electrons. The zero-order valence-corrected chi connectivity index (χ0v) is 16.5. The molecular formula is C19H25N3O3S. The summed E-state index contributed by atoms with van der Waals surface area (Å²) in [6.45, 7) is 3.94. The van der Waals surface area contributed by atoms with E-state index in [4.69, 9.17) is 9.47 Å². The number of nitrogens with zero attached hydrogens (tertiary/aromatic N) is 2. The van der Waals surface area contributed by atoms with Crippen molar-refractivity contribution in [3.63, 3.8) is 0 Å². The molecule has 6 nitrogen and oxygen atoms in total. The lowest BCUT2D eigenvalue weighted by Crippen LogP contribution is -2.25. The number of carbonyl (C=O) groups is 1. The minimum absolute atomic E-state index is 0.0246. The van der Waals surface area contributed by atoms with Gasteiger partial charge in [-0.25, -0.2) is 4.98 Å². The molecule has 2 aromatic rings. The van der Waals surface area contributed by atoms with E-state index < -0.39 is 0 Å². The molecule has 1 atom stereocenters. The van der Waals surface area contributed by atoms with E-state index in [-0.39, 0.29) is 11.8 Å². The van der Waals surface area contributed by atoms with Gasteiger partial charge >= 0.3 is 0 Å². The van der Waals surface area contributed by atoms with Crippen molar-refractivity contribution in [1.82, 2.24) is 9.88 Å². The summed E-state index contributed by atoms with van der Waals surface area (Å²) in [5.41, 5.74) is 2.11. The molecule has 0 saturated heterocycles. The summed E-state index contributed by atoms with van der Waals surface area (Å²) in [7, 11) is 5.35.